The van der Waals surface area contributed by atoms with E-state index in [0.717, 1.165) is 10.2 Å². The van der Waals surface area contributed by atoms with E-state index in [1.807, 2.05) is 6.92 Å². The molecule has 9 heteroatoms. The molecule has 0 radical (unpaired) electrons. The molecular formula is C16H19BrN4O3S. The highest BCUT2D eigenvalue weighted by Crippen LogP contribution is 2.22. The normalized spacial score (nSPS) is 16.2. The predicted octanol–water partition coefficient (Wildman–Crippen LogP) is 1.64. The van der Waals surface area contributed by atoms with Crippen LogP contribution in [0.25, 0.3) is 0 Å². The third kappa shape index (κ3) is 3.49. The topological polar surface area (TPSA) is 75.5 Å². The zero-order valence-electron chi connectivity index (χ0n) is 14.0. The van der Waals surface area contributed by atoms with Gasteiger partial charge in [-0.1, -0.05) is 22.0 Å². The minimum absolute atomic E-state index is 0.106. The van der Waals surface area contributed by atoms with Crippen molar-refractivity contribution in [2.75, 3.05) is 26.2 Å². The van der Waals surface area contributed by atoms with Crippen LogP contribution in [0.3, 0.4) is 0 Å². The third-order valence-electron chi connectivity index (χ3n) is 4.43. The van der Waals surface area contributed by atoms with E-state index in [9.17, 15) is 13.2 Å². The number of halogens is 1. The summed E-state index contributed by atoms with van der Waals surface area (Å²) in [5.74, 6) is -0.106. The highest BCUT2D eigenvalue weighted by atomic mass is 79.9. The maximum atomic E-state index is 12.7. The van der Waals surface area contributed by atoms with Crippen LogP contribution >= 0.6 is 15.9 Å². The highest BCUT2D eigenvalue weighted by Gasteiger charge is 2.31. The molecule has 0 bridgehead atoms. The zero-order chi connectivity index (χ0) is 18.2. The summed E-state index contributed by atoms with van der Waals surface area (Å²) < 4.78 is 29.3. The van der Waals surface area contributed by atoms with Gasteiger partial charge in [-0.3, -0.25) is 9.48 Å². The van der Waals surface area contributed by atoms with E-state index >= 15 is 0 Å². The molecule has 1 amide bonds. The number of amides is 1. The fourth-order valence-electron chi connectivity index (χ4n) is 2.79. The maximum absolute atomic E-state index is 12.7. The predicted molar refractivity (Wildman–Crippen MR) is 96.7 cm³/mol. The van der Waals surface area contributed by atoms with E-state index in [4.69, 9.17) is 0 Å². The minimum atomic E-state index is -3.55. The second kappa shape index (κ2) is 6.89. The number of hydrogen-bond acceptors (Lipinski definition) is 4. The zero-order valence-corrected chi connectivity index (χ0v) is 16.4. The standard InChI is InChI=1S/C16H19BrN4O3S/c1-12-15(11-18-19(12)2)16(22)20-6-8-21(9-7-20)25(23,24)14-5-3-4-13(17)10-14/h3-5,10-11H,6-9H2,1-2H3. The molecule has 0 atom stereocenters. The van der Waals surface area contributed by atoms with Crippen LogP contribution in [-0.2, 0) is 17.1 Å². The van der Waals surface area contributed by atoms with Crippen molar-refractivity contribution in [1.82, 2.24) is 19.0 Å². The highest BCUT2D eigenvalue weighted by molar-refractivity contribution is 9.10. The second-order valence-electron chi connectivity index (χ2n) is 5.92. The van der Waals surface area contributed by atoms with Crippen molar-refractivity contribution >= 4 is 31.9 Å². The van der Waals surface area contributed by atoms with Gasteiger partial charge < -0.3 is 4.90 Å². The lowest BCUT2D eigenvalue weighted by atomic mass is 10.2. The van der Waals surface area contributed by atoms with Crippen LogP contribution in [-0.4, -0.2) is 59.5 Å². The van der Waals surface area contributed by atoms with Crippen LogP contribution in [0.4, 0.5) is 0 Å². The van der Waals surface area contributed by atoms with Gasteiger partial charge in [0.05, 0.1) is 16.7 Å². The summed E-state index contributed by atoms with van der Waals surface area (Å²) in [5.41, 5.74) is 1.36. The van der Waals surface area contributed by atoms with E-state index in [1.54, 1.807) is 47.1 Å². The number of aromatic nitrogens is 2. The Morgan fingerprint density at radius 1 is 1.20 bits per heavy atom. The van der Waals surface area contributed by atoms with Gasteiger partial charge in [-0.2, -0.15) is 9.40 Å². The largest absolute Gasteiger partial charge is 0.336 e. The van der Waals surface area contributed by atoms with Crippen LogP contribution in [0.2, 0.25) is 0 Å². The van der Waals surface area contributed by atoms with E-state index in [1.165, 1.54) is 4.31 Å². The van der Waals surface area contributed by atoms with Gasteiger partial charge in [0, 0.05) is 43.4 Å². The fourth-order valence-corrected chi connectivity index (χ4v) is 4.81. The number of carbonyl (C=O) groups is 1. The molecule has 7 nitrogen and oxygen atoms in total. The number of aryl methyl sites for hydroxylation is 1. The quantitative estimate of drug-likeness (QED) is 0.747. The number of piperazine rings is 1. The van der Waals surface area contributed by atoms with Crippen molar-refractivity contribution in [2.45, 2.75) is 11.8 Å². The maximum Gasteiger partial charge on any atom is 0.257 e. The molecule has 0 saturated carbocycles. The number of hydrogen-bond donors (Lipinski definition) is 0. The van der Waals surface area contributed by atoms with Crippen molar-refractivity contribution in [3.8, 4) is 0 Å². The molecule has 1 aliphatic heterocycles. The monoisotopic (exact) mass is 426 g/mol. The molecule has 3 rings (SSSR count). The summed E-state index contributed by atoms with van der Waals surface area (Å²) in [6, 6.07) is 6.65. The van der Waals surface area contributed by atoms with Gasteiger partial charge in [0.25, 0.3) is 5.91 Å². The summed E-state index contributed by atoms with van der Waals surface area (Å²) >= 11 is 3.30. The molecule has 0 spiro atoms. The number of nitrogens with zero attached hydrogens (tertiary/aromatic N) is 4. The molecule has 25 heavy (non-hydrogen) atoms. The Labute approximate surface area is 155 Å². The summed E-state index contributed by atoms with van der Waals surface area (Å²) in [6.07, 6.45) is 1.56. The Hall–Kier alpha value is -1.71. The first-order valence-electron chi connectivity index (χ1n) is 7.84. The van der Waals surface area contributed by atoms with Gasteiger partial charge in [0.1, 0.15) is 0 Å². The van der Waals surface area contributed by atoms with Gasteiger partial charge >= 0.3 is 0 Å². The van der Waals surface area contributed by atoms with Gasteiger partial charge in [-0.05, 0) is 25.1 Å². The van der Waals surface area contributed by atoms with Crippen molar-refractivity contribution in [3.05, 3.63) is 46.2 Å². The van der Waals surface area contributed by atoms with Gasteiger partial charge in [-0.25, -0.2) is 8.42 Å². The number of carbonyl (C=O) groups excluding carboxylic acids is 1. The lowest BCUT2D eigenvalue weighted by Crippen LogP contribution is -2.50. The molecular weight excluding hydrogens is 408 g/mol. The molecule has 0 unspecified atom stereocenters. The molecule has 1 fully saturated rings. The van der Waals surface area contributed by atoms with Crippen LogP contribution in [0, 0.1) is 6.92 Å². The average Bonchev–Trinajstić information content (AvgIpc) is 2.93. The molecule has 1 aliphatic rings. The first-order chi connectivity index (χ1) is 11.8. The van der Waals surface area contributed by atoms with Crippen molar-refractivity contribution in [2.24, 2.45) is 7.05 Å². The molecule has 134 valence electrons. The van der Waals surface area contributed by atoms with Crippen molar-refractivity contribution in [1.29, 1.82) is 0 Å². The molecule has 2 heterocycles. The molecule has 2 aromatic rings. The summed E-state index contributed by atoms with van der Waals surface area (Å²) in [5, 5.41) is 4.09. The van der Waals surface area contributed by atoms with E-state index in [-0.39, 0.29) is 23.9 Å². The molecule has 1 saturated heterocycles. The van der Waals surface area contributed by atoms with Crippen LogP contribution in [0.1, 0.15) is 16.1 Å². The lowest BCUT2D eigenvalue weighted by Gasteiger charge is -2.34. The molecule has 1 aromatic heterocycles. The summed E-state index contributed by atoms with van der Waals surface area (Å²) in [4.78, 5) is 14.5. The van der Waals surface area contributed by atoms with Crippen LogP contribution in [0.5, 0.6) is 0 Å². The van der Waals surface area contributed by atoms with Crippen molar-refractivity contribution < 1.29 is 13.2 Å². The van der Waals surface area contributed by atoms with Crippen molar-refractivity contribution in [3.63, 3.8) is 0 Å². The molecule has 0 N–H and O–H groups in total. The minimum Gasteiger partial charge on any atom is -0.336 e. The van der Waals surface area contributed by atoms with E-state index in [2.05, 4.69) is 21.0 Å². The Morgan fingerprint density at radius 2 is 1.88 bits per heavy atom. The van der Waals surface area contributed by atoms with Crippen LogP contribution < -0.4 is 0 Å². The fraction of sp³-hybridized carbons (Fsp3) is 0.375. The molecule has 1 aromatic carbocycles. The summed E-state index contributed by atoms with van der Waals surface area (Å²) in [7, 11) is -1.77. The SMILES string of the molecule is Cc1c(C(=O)N2CCN(S(=O)(=O)c3cccc(Br)c3)CC2)cnn1C. The Bertz CT molecular complexity index is 902. The number of rotatable bonds is 3. The smallest absolute Gasteiger partial charge is 0.257 e. The second-order valence-corrected chi connectivity index (χ2v) is 8.77. The third-order valence-corrected chi connectivity index (χ3v) is 6.81. The number of benzene rings is 1. The summed E-state index contributed by atoms with van der Waals surface area (Å²) in [6.45, 7) is 3.12. The van der Waals surface area contributed by atoms with Gasteiger partial charge in [0.15, 0.2) is 0 Å². The first kappa shape index (κ1) is 18.1. The van der Waals surface area contributed by atoms with Crippen LogP contribution in [0.15, 0.2) is 39.8 Å². The Balaban J connectivity index is 1.71. The average molecular weight is 427 g/mol. The number of sulfonamides is 1. The van der Waals surface area contributed by atoms with E-state index in [0.29, 0.717) is 18.7 Å². The van der Waals surface area contributed by atoms with Gasteiger partial charge in [-0.15, -0.1) is 0 Å². The lowest BCUT2D eigenvalue weighted by molar-refractivity contribution is 0.0697. The Kier molecular flexibility index (Phi) is 4.99. The van der Waals surface area contributed by atoms with Gasteiger partial charge in [0.2, 0.25) is 10.0 Å². The molecule has 0 aliphatic carbocycles. The van der Waals surface area contributed by atoms with E-state index < -0.39 is 10.0 Å². The first-order valence-corrected chi connectivity index (χ1v) is 10.1. The Morgan fingerprint density at radius 3 is 2.44 bits per heavy atom.